The molecule has 1 unspecified atom stereocenters. The number of hydrogen-bond donors (Lipinski definition) is 2. The number of likely N-dealkylation sites (tertiary alicyclic amines) is 1. The van der Waals surface area contributed by atoms with Gasteiger partial charge < -0.3 is 15.5 Å². The van der Waals surface area contributed by atoms with E-state index in [1.807, 2.05) is 48.6 Å². The van der Waals surface area contributed by atoms with E-state index >= 15 is 0 Å². The second kappa shape index (κ2) is 11.5. The summed E-state index contributed by atoms with van der Waals surface area (Å²) in [6, 6.07) is 10.4. The molecule has 1 fully saturated rings. The molecule has 2 N–H and O–H groups in total. The van der Waals surface area contributed by atoms with Crippen LogP contribution >= 0.6 is 24.0 Å². The maximum Gasteiger partial charge on any atom is 0.225 e. The van der Waals surface area contributed by atoms with E-state index in [-0.39, 0.29) is 41.8 Å². The maximum absolute atomic E-state index is 12.3. The van der Waals surface area contributed by atoms with Gasteiger partial charge in [-0.1, -0.05) is 32.0 Å². The number of halogens is 1. The zero-order valence-corrected chi connectivity index (χ0v) is 21.5. The molecule has 0 bridgehead atoms. The van der Waals surface area contributed by atoms with Gasteiger partial charge in [-0.15, -0.1) is 24.0 Å². The minimum absolute atomic E-state index is 0. The Labute approximate surface area is 202 Å². The van der Waals surface area contributed by atoms with Crippen LogP contribution in [0.1, 0.15) is 44.1 Å². The summed E-state index contributed by atoms with van der Waals surface area (Å²) in [4.78, 5) is 19.0. The molecule has 1 atom stereocenters. The summed E-state index contributed by atoms with van der Waals surface area (Å²) in [7, 11) is 0. The second-order valence-electron chi connectivity index (χ2n) is 8.16. The number of carbonyl (C=O) groups excluding carboxylic acids is 1. The molecule has 1 aromatic carbocycles. The third-order valence-corrected chi connectivity index (χ3v) is 5.52. The third-order valence-electron chi connectivity index (χ3n) is 5.52. The molecule has 0 radical (unpaired) electrons. The minimum Gasteiger partial charge on any atom is -0.357 e. The summed E-state index contributed by atoms with van der Waals surface area (Å²) in [6.45, 7) is 13.0. The van der Waals surface area contributed by atoms with Gasteiger partial charge in [0.1, 0.15) is 0 Å². The first-order valence-corrected chi connectivity index (χ1v) is 10.8. The molecule has 1 saturated heterocycles. The highest BCUT2D eigenvalue weighted by Crippen LogP contribution is 2.19. The first-order valence-electron chi connectivity index (χ1n) is 10.8. The zero-order chi connectivity index (χ0) is 21.7. The van der Waals surface area contributed by atoms with E-state index < -0.39 is 0 Å². The van der Waals surface area contributed by atoms with Crippen molar-refractivity contribution < 1.29 is 4.79 Å². The van der Waals surface area contributed by atoms with Gasteiger partial charge >= 0.3 is 0 Å². The summed E-state index contributed by atoms with van der Waals surface area (Å²) >= 11 is 0. The van der Waals surface area contributed by atoms with Crippen molar-refractivity contribution in [3.63, 3.8) is 0 Å². The average molecular weight is 538 g/mol. The lowest BCUT2D eigenvalue weighted by Crippen LogP contribution is -2.45. The fraction of sp³-hybridized carbons (Fsp3) is 0.522. The molecule has 3 rings (SSSR count). The molecule has 0 aliphatic carbocycles. The number of nitrogens with one attached hydrogen (secondary N) is 2. The van der Waals surface area contributed by atoms with Crippen LogP contribution in [0.15, 0.2) is 35.3 Å². The third kappa shape index (κ3) is 6.21. The maximum atomic E-state index is 12.3. The molecule has 0 saturated carbocycles. The molecule has 7 nitrogen and oxygen atoms in total. The van der Waals surface area contributed by atoms with E-state index in [0.717, 1.165) is 54.7 Å². The molecule has 2 heterocycles. The Morgan fingerprint density at radius 2 is 1.97 bits per heavy atom. The number of benzene rings is 1. The fourth-order valence-corrected chi connectivity index (χ4v) is 3.84. The number of aryl methyl sites for hydroxylation is 1. The molecular weight excluding hydrogens is 503 g/mol. The molecular formula is C23H35IN6O. The van der Waals surface area contributed by atoms with Crippen molar-refractivity contribution in [2.75, 3.05) is 19.6 Å². The van der Waals surface area contributed by atoms with Crippen molar-refractivity contribution in [2.45, 2.75) is 53.6 Å². The van der Waals surface area contributed by atoms with Crippen molar-refractivity contribution in [1.82, 2.24) is 25.3 Å². The van der Waals surface area contributed by atoms with E-state index in [1.54, 1.807) is 0 Å². The Morgan fingerprint density at radius 3 is 2.61 bits per heavy atom. The Morgan fingerprint density at radius 1 is 1.26 bits per heavy atom. The van der Waals surface area contributed by atoms with E-state index in [0.29, 0.717) is 6.54 Å². The highest BCUT2D eigenvalue weighted by atomic mass is 127. The normalized spacial score (nSPS) is 16.4. The second-order valence-corrected chi connectivity index (χ2v) is 8.16. The van der Waals surface area contributed by atoms with Crippen molar-refractivity contribution in [3.8, 4) is 5.69 Å². The summed E-state index contributed by atoms with van der Waals surface area (Å²) in [5.41, 5.74) is 4.29. The lowest BCUT2D eigenvalue weighted by molar-refractivity contribution is -0.133. The number of nitrogens with zero attached hydrogens (tertiary/aromatic N) is 4. The molecule has 1 aromatic heterocycles. The van der Waals surface area contributed by atoms with Gasteiger partial charge in [0, 0.05) is 42.9 Å². The monoisotopic (exact) mass is 538 g/mol. The van der Waals surface area contributed by atoms with E-state index in [1.165, 1.54) is 0 Å². The lowest BCUT2D eigenvalue weighted by Gasteiger charge is -2.20. The molecule has 0 spiro atoms. The largest absolute Gasteiger partial charge is 0.357 e. The predicted molar refractivity (Wildman–Crippen MR) is 136 cm³/mol. The van der Waals surface area contributed by atoms with Crippen LogP contribution < -0.4 is 10.6 Å². The fourth-order valence-electron chi connectivity index (χ4n) is 3.84. The summed E-state index contributed by atoms with van der Waals surface area (Å²) in [5.74, 6) is 1.05. The molecule has 1 aliphatic rings. The van der Waals surface area contributed by atoms with Crippen LogP contribution in [-0.2, 0) is 11.3 Å². The van der Waals surface area contributed by atoms with Gasteiger partial charge in [-0.3, -0.25) is 4.79 Å². The number of aliphatic imine (C=N–C) groups is 1. The van der Waals surface area contributed by atoms with Crippen molar-refractivity contribution in [1.29, 1.82) is 0 Å². The van der Waals surface area contributed by atoms with Crippen LogP contribution in [0, 0.1) is 19.8 Å². The average Bonchev–Trinajstić information content (AvgIpc) is 3.31. The van der Waals surface area contributed by atoms with E-state index in [9.17, 15) is 4.79 Å². The highest BCUT2D eigenvalue weighted by molar-refractivity contribution is 14.0. The van der Waals surface area contributed by atoms with Gasteiger partial charge in [0.05, 0.1) is 17.9 Å². The van der Waals surface area contributed by atoms with Crippen molar-refractivity contribution >= 4 is 35.8 Å². The summed E-state index contributed by atoms with van der Waals surface area (Å²) in [6.07, 6.45) is 0.937. The number of carbonyl (C=O) groups is 1. The molecule has 2 aromatic rings. The SMILES string of the molecule is CCNC(=NCc1c(C)nn(-c2ccccc2)c1C)NC1CCN(C(=O)C(C)C)C1.I. The Hall–Kier alpha value is -2.10. The van der Waals surface area contributed by atoms with Gasteiger partial charge in [-0.05, 0) is 39.3 Å². The van der Waals surface area contributed by atoms with Crippen LogP contribution in [0.5, 0.6) is 0 Å². The van der Waals surface area contributed by atoms with Crippen LogP contribution in [0.3, 0.4) is 0 Å². The first-order chi connectivity index (χ1) is 14.4. The number of aromatic nitrogens is 2. The van der Waals surface area contributed by atoms with Gasteiger partial charge in [0.15, 0.2) is 5.96 Å². The quantitative estimate of drug-likeness (QED) is 0.336. The molecule has 8 heteroatoms. The van der Waals surface area contributed by atoms with E-state index in [2.05, 4.69) is 36.6 Å². The van der Waals surface area contributed by atoms with Crippen LogP contribution in [-0.4, -0.2) is 52.2 Å². The van der Waals surface area contributed by atoms with E-state index in [4.69, 9.17) is 10.1 Å². The lowest BCUT2D eigenvalue weighted by atomic mass is 10.2. The molecule has 31 heavy (non-hydrogen) atoms. The number of amides is 1. The van der Waals surface area contributed by atoms with Gasteiger partial charge in [0.25, 0.3) is 0 Å². The summed E-state index contributed by atoms with van der Waals surface area (Å²) < 4.78 is 1.98. The standard InChI is InChI=1S/C23H34N6O.HI/c1-6-24-23(26-19-12-13-28(15-19)22(30)16(2)3)25-14-21-17(4)27-29(18(21)5)20-10-8-7-9-11-20;/h7-11,16,19H,6,12-15H2,1-5H3,(H2,24,25,26);1H. The van der Waals surface area contributed by atoms with Crippen molar-refractivity contribution in [2.24, 2.45) is 10.9 Å². The Kier molecular flexibility index (Phi) is 9.33. The molecule has 170 valence electrons. The van der Waals surface area contributed by atoms with Gasteiger partial charge in [-0.2, -0.15) is 5.10 Å². The molecule has 1 aliphatic heterocycles. The first kappa shape index (κ1) is 25.2. The smallest absolute Gasteiger partial charge is 0.225 e. The zero-order valence-electron chi connectivity index (χ0n) is 19.2. The topological polar surface area (TPSA) is 74.6 Å². The Balaban J connectivity index is 0.00000341. The number of guanidine groups is 1. The number of hydrogen-bond acceptors (Lipinski definition) is 3. The van der Waals surface area contributed by atoms with Crippen LogP contribution in [0.25, 0.3) is 5.69 Å². The number of rotatable bonds is 6. The van der Waals surface area contributed by atoms with Crippen molar-refractivity contribution in [3.05, 3.63) is 47.3 Å². The minimum atomic E-state index is 0. The predicted octanol–water partition coefficient (Wildman–Crippen LogP) is 3.42. The number of para-hydroxylation sites is 1. The highest BCUT2D eigenvalue weighted by Gasteiger charge is 2.28. The van der Waals surface area contributed by atoms with Gasteiger partial charge in [0.2, 0.25) is 5.91 Å². The van der Waals surface area contributed by atoms with Gasteiger partial charge in [-0.25, -0.2) is 9.67 Å². The Bertz CT molecular complexity index is 893. The molecule has 1 amide bonds. The van der Waals surface area contributed by atoms with Crippen LogP contribution in [0.2, 0.25) is 0 Å². The van der Waals surface area contributed by atoms with Crippen LogP contribution in [0.4, 0.5) is 0 Å². The summed E-state index contributed by atoms with van der Waals surface area (Å²) in [5, 5.41) is 11.6.